The number of hydrogen-bond acceptors (Lipinski definition) is 6. The Hall–Kier alpha value is -8.68. The van der Waals surface area contributed by atoms with E-state index >= 15 is 9.59 Å². The summed E-state index contributed by atoms with van der Waals surface area (Å²) in [6, 6.07) is -1.97. The molecule has 6 nitrogen and oxygen atoms in total. The molecule has 1 saturated heterocycles. The molecule has 2 spiro atoms. The van der Waals surface area contributed by atoms with Gasteiger partial charge in [-0.15, -0.1) is 0 Å². The summed E-state index contributed by atoms with van der Waals surface area (Å²) in [5.74, 6) is -0.622. The van der Waals surface area contributed by atoms with Crippen LogP contribution in [0, 0.1) is 0 Å². The second-order valence-electron chi connectivity index (χ2n) is 30.2. The third-order valence-electron chi connectivity index (χ3n) is 26.6. The van der Waals surface area contributed by atoms with Crippen LogP contribution in [0.2, 0.25) is 0 Å². The van der Waals surface area contributed by atoms with Crippen molar-refractivity contribution in [3.63, 3.8) is 0 Å². The number of benzene rings is 18. The third kappa shape index (κ3) is 1.97. The first-order valence-electron chi connectivity index (χ1n) is 29.5. The van der Waals surface area contributed by atoms with Crippen molar-refractivity contribution < 1.29 is 24.2 Å². The molecule has 0 saturated carbocycles. The van der Waals surface area contributed by atoms with Gasteiger partial charge in [-0.2, -0.15) is 0 Å². The van der Waals surface area contributed by atoms with Crippen LogP contribution in [-0.2, 0) is 29.9 Å². The van der Waals surface area contributed by atoms with Crippen molar-refractivity contribution in [2.45, 2.75) is 75.7 Å². The number of ether oxygens (including phenoxy) is 2. The van der Waals surface area contributed by atoms with Gasteiger partial charge in [-0.05, 0) is 355 Å². The lowest BCUT2D eigenvalue weighted by Gasteiger charge is -2.52. The van der Waals surface area contributed by atoms with Crippen LogP contribution in [0.3, 0.4) is 0 Å². The van der Waals surface area contributed by atoms with Crippen LogP contribution in [0.5, 0.6) is 0 Å². The highest BCUT2D eigenvalue weighted by molar-refractivity contribution is 6.82. The van der Waals surface area contributed by atoms with Gasteiger partial charge in [-0.3, -0.25) is 14.5 Å². The molecular weight excluding hydrogens is 983 g/mol. The van der Waals surface area contributed by atoms with Crippen LogP contribution in [0.4, 0.5) is 0 Å². The molecule has 28 aromatic rings. The van der Waals surface area contributed by atoms with E-state index < -0.39 is 34.1 Å². The minimum Gasteiger partial charge on any atom is -0.459 e. The summed E-state index contributed by atoms with van der Waals surface area (Å²) in [4.78, 5) is 36.3. The van der Waals surface area contributed by atoms with Gasteiger partial charge in [0.15, 0.2) is 0 Å². The zero-order valence-corrected chi connectivity index (χ0v) is 43.1. The maximum absolute atomic E-state index is 17.0. The van der Waals surface area contributed by atoms with Crippen molar-refractivity contribution in [3.8, 4) is 0 Å². The molecule has 0 amide bonds. The number of rotatable bonds is 4. The average Bonchev–Trinajstić information content (AvgIpc) is 1.43. The zero-order valence-electron chi connectivity index (χ0n) is 43.1. The number of aliphatic hydroxyl groups is 1. The van der Waals surface area contributed by atoms with Gasteiger partial charge in [0.2, 0.25) is 0 Å². The van der Waals surface area contributed by atoms with E-state index in [2.05, 4.69) is 4.90 Å². The molecular formula is C74H25NO5. The highest BCUT2D eigenvalue weighted by Gasteiger charge is 2.82. The molecule has 6 heteroatoms. The monoisotopic (exact) mass is 1010 g/mol. The molecule has 1 fully saturated rings. The topological polar surface area (TPSA) is 76.1 Å². The van der Waals surface area contributed by atoms with Gasteiger partial charge in [0.1, 0.15) is 23.3 Å². The molecule has 356 valence electrons. The predicted molar refractivity (Wildman–Crippen MR) is 327 cm³/mol. The summed E-state index contributed by atoms with van der Waals surface area (Å²) in [5.41, 5.74) is 1.10. The molecule has 5 aliphatic rings. The summed E-state index contributed by atoms with van der Waals surface area (Å²) < 4.78 is 14.1. The van der Waals surface area contributed by atoms with Crippen LogP contribution < -0.4 is 0 Å². The smallest absolute Gasteiger partial charge is 0.325 e. The van der Waals surface area contributed by atoms with Crippen LogP contribution in [0.1, 0.15) is 63.8 Å². The lowest BCUT2D eigenvalue weighted by molar-refractivity contribution is -0.166. The summed E-state index contributed by atoms with van der Waals surface area (Å²) in [5, 5.41) is 90.9. The number of hydrogen-bond donors (Lipinski definition) is 1. The summed E-state index contributed by atoms with van der Waals surface area (Å²) in [6.07, 6.45) is 0. The Morgan fingerprint density at radius 3 is 0.562 bits per heavy atom. The fourth-order valence-electron chi connectivity index (χ4n) is 26.7. The van der Waals surface area contributed by atoms with Crippen molar-refractivity contribution in [1.82, 2.24) is 4.90 Å². The molecule has 2 unspecified atom stereocenters. The van der Waals surface area contributed by atoms with E-state index in [1.807, 2.05) is 41.5 Å². The number of β-amino-alcohol motifs (C(OH)–C–C–N with tert-alkyl or cyclic N) is 1. The number of likely N-dealkylation sites (tertiary alicyclic amines) is 1. The summed E-state index contributed by atoms with van der Waals surface area (Å²) in [6.45, 7) is 11.9. The van der Waals surface area contributed by atoms with Gasteiger partial charge in [0.25, 0.3) is 0 Å². The molecule has 0 aromatic heterocycles. The summed E-state index contributed by atoms with van der Waals surface area (Å²) >= 11 is 0. The second kappa shape index (κ2) is 7.79. The molecule has 1 N–H and O–H groups in total. The number of carbonyl (C=O) groups is 2. The number of aliphatic hydroxyl groups excluding tert-OH is 1. The first kappa shape index (κ1) is 33.7. The Morgan fingerprint density at radius 1 is 0.300 bits per heavy atom. The van der Waals surface area contributed by atoms with Crippen LogP contribution in [-0.4, -0.2) is 58.4 Å². The Labute approximate surface area is 440 Å². The minimum absolute atomic E-state index is 0.111. The molecule has 33 rings (SSSR count). The lowest BCUT2D eigenvalue weighted by Crippen LogP contribution is -2.59. The maximum Gasteiger partial charge on any atom is 0.325 e. The molecule has 1 aliphatic heterocycles. The largest absolute Gasteiger partial charge is 0.459 e. The molecule has 0 bridgehead atoms. The van der Waals surface area contributed by atoms with Gasteiger partial charge in [-0.25, -0.2) is 0 Å². The summed E-state index contributed by atoms with van der Waals surface area (Å²) in [7, 11) is 0. The van der Waals surface area contributed by atoms with Crippen LogP contribution in [0.25, 0.3) is 291 Å². The molecule has 80 heavy (non-hydrogen) atoms. The van der Waals surface area contributed by atoms with Gasteiger partial charge in [-0.1, -0.05) is 0 Å². The van der Waals surface area contributed by atoms with E-state index in [9.17, 15) is 5.11 Å². The lowest BCUT2D eigenvalue weighted by atomic mass is 9.46. The number of carbonyl (C=O) groups excluding carboxylic acids is 2. The molecule has 2 atom stereocenters. The minimum atomic E-state index is -1.16. The molecule has 28 aromatic carbocycles. The first-order chi connectivity index (χ1) is 38.9. The first-order valence-corrected chi connectivity index (χ1v) is 29.5. The Morgan fingerprint density at radius 2 is 0.438 bits per heavy atom. The molecule has 0 radical (unpaired) electrons. The van der Waals surface area contributed by atoms with Gasteiger partial charge < -0.3 is 14.6 Å². The Balaban J connectivity index is 1.09. The maximum atomic E-state index is 17.0. The van der Waals surface area contributed by atoms with Gasteiger partial charge >= 0.3 is 11.9 Å². The normalized spacial score (nSPS) is 23.7. The van der Waals surface area contributed by atoms with Crippen molar-refractivity contribution >= 4 is 303 Å². The SMILES string of the molecule is CC(C)(C)OC(=O)C1N(CCO)C(C(=O)OC(C)(C)C)C23c4c5c6c7c8c9c(c%10c%11c2c2c4c4c%12c5c5c6c6c8c8c%13c9c9c%10c%10c%11c%11c2c2c4c4c%12c%12c5c5c6c8c6c8c%13c9c9c%10c%10c%11c2c2c4c4c%12c5c6c5c8c9c%10c2c45)C713. The van der Waals surface area contributed by atoms with Crippen molar-refractivity contribution in [1.29, 1.82) is 0 Å². The van der Waals surface area contributed by atoms with Gasteiger partial charge in [0.05, 0.1) is 17.4 Å². The van der Waals surface area contributed by atoms with E-state index in [0.717, 1.165) is 0 Å². The van der Waals surface area contributed by atoms with E-state index in [1.165, 1.54) is 281 Å². The van der Waals surface area contributed by atoms with Crippen LogP contribution in [0.15, 0.2) is 0 Å². The highest BCUT2D eigenvalue weighted by Crippen LogP contribution is 2.87. The number of esters is 2. The molecule has 1 heterocycles. The van der Waals surface area contributed by atoms with Crippen molar-refractivity contribution in [3.05, 3.63) is 22.3 Å². The van der Waals surface area contributed by atoms with Crippen LogP contribution >= 0.6 is 0 Å². The van der Waals surface area contributed by atoms with Crippen molar-refractivity contribution in [2.24, 2.45) is 0 Å². The Kier molecular flexibility index (Phi) is 3.28. The number of nitrogens with zero attached hydrogens (tertiary/aromatic N) is 1. The van der Waals surface area contributed by atoms with Crippen molar-refractivity contribution in [2.75, 3.05) is 13.2 Å². The highest BCUT2D eigenvalue weighted by atomic mass is 16.6. The Bertz CT molecular complexity index is 7010. The van der Waals surface area contributed by atoms with E-state index in [1.54, 1.807) is 32.3 Å². The third-order valence-corrected chi connectivity index (χ3v) is 26.6. The average molecular weight is 1010 g/mol. The van der Waals surface area contributed by atoms with E-state index in [4.69, 9.17) is 9.47 Å². The second-order valence-corrected chi connectivity index (χ2v) is 30.2. The van der Waals surface area contributed by atoms with E-state index in [-0.39, 0.29) is 25.1 Å². The fourth-order valence-corrected chi connectivity index (χ4v) is 26.7. The fraction of sp³-hybridized carbons (Fsp3) is 0.189. The van der Waals surface area contributed by atoms with Gasteiger partial charge in [0, 0.05) is 6.54 Å². The predicted octanol–water partition coefficient (Wildman–Crippen LogP) is 17.0. The molecule has 4 aliphatic carbocycles. The quantitative estimate of drug-likeness (QED) is 0.140. The zero-order chi connectivity index (χ0) is 50.2. The standard InChI is InChI=1S/C74H25NO5/c1-71(2,3)79-69(77)67-73-63-55-47-37-27-19-11-9-10-13-17-15(11)23-31-25(17)35-29-21(13)22-14(10)18-16-12(9)20(19)28-34-24(16)32-26(18)36-30(22)40-39(29)49-43(35)53-45(31)51(41(47)33(23)27)59(63)61(53)65-57(49)58-50(40)44(36)54-46(32)52-42(34)48(38(28)37)56(55)64(73)60(52)62(54)66(58)74(65,73)68(75(67)7-8-76)70(78)80-72(4,5)6/h67-68,76H,7-8H2,1-6H3. The van der Waals surface area contributed by atoms with E-state index in [0.29, 0.717) is 0 Å².